The number of benzene rings is 2. The first-order chi connectivity index (χ1) is 11.0. The summed E-state index contributed by atoms with van der Waals surface area (Å²) in [7, 11) is 1.54. The van der Waals surface area contributed by atoms with Gasteiger partial charge in [0.2, 0.25) is 0 Å². The van der Waals surface area contributed by atoms with Crippen LogP contribution in [0.1, 0.15) is 5.56 Å². The van der Waals surface area contributed by atoms with Gasteiger partial charge < -0.3 is 9.47 Å². The van der Waals surface area contributed by atoms with Crippen LogP contribution in [0.15, 0.2) is 48.5 Å². The Morgan fingerprint density at radius 2 is 1.83 bits per heavy atom. The van der Waals surface area contributed by atoms with Crippen molar-refractivity contribution in [3.8, 4) is 5.75 Å². The van der Waals surface area contributed by atoms with Gasteiger partial charge in [-0.1, -0.05) is 12.1 Å². The van der Waals surface area contributed by atoms with Crippen molar-refractivity contribution in [3.05, 3.63) is 59.9 Å². The molecule has 1 aliphatic rings. The third kappa shape index (κ3) is 3.26. The average molecular weight is 319 g/mol. The number of amides is 1. The first-order valence-electron chi connectivity index (χ1n) is 7.07. The number of anilines is 1. The largest absolute Gasteiger partial charge is 0.497 e. The lowest BCUT2D eigenvalue weighted by Gasteiger charge is -2.17. The molecule has 0 radical (unpaired) electrons. The lowest BCUT2D eigenvalue weighted by molar-refractivity contribution is -0.0562. The molecule has 1 unspecified atom stereocenters. The Labute approximate surface area is 132 Å². The predicted molar refractivity (Wildman–Crippen MR) is 80.8 cm³/mol. The molecule has 0 saturated carbocycles. The lowest BCUT2D eigenvalue weighted by atomic mass is 10.1. The molecule has 0 spiro atoms. The smallest absolute Gasteiger partial charge is 0.417 e. The van der Waals surface area contributed by atoms with E-state index in [0.717, 1.165) is 0 Å². The molecule has 0 aromatic heterocycles. The summed E-state index contributed by atoms with van der Waals surface area (Å²) in [5.74, 6) is -1.90. The van der Waals surface area contributed by atoms with Crippen molar-refractivity contribution in [1.29, 1.82) is 0 Å². The number of hydrogen-bond donors (Lipinski definition) is 0. The van der Waals surface area contributed by atoms with Gasteiger partial charge in [0.05, 0.1) is 13.7 Å². The number of hydrogen-bond acceptors (Lipinski definition) is 3. The first-order valence-corrected chi connectivity index (χ1v) is 7.07. The number of ether oxygens (including phenoxy) is 2. The average Bonchev–Trinajstić information content (AvgIpc) is 2.84. The molecular formula is C17H15F2NO3. The number of carbonyl (C=O) groups excluding carboxylic acids is 1. The van der Waals surface area contributed by atoms with Gasteiger partial charge in [-0.3, -0.25) is 4.90 Å². The Morgan fingerprint density at radius 1 is 1.17 bits per heavy atom. The summed E-state index contributed by atoms with van der Waals surface area (Å²) in [6.07, 6.45) is -0.883. The van der Waals surface area contributed by atoms with E-state index in [-0.39, 0.29) is 13.0 Å². The van der Waals surface area contributed by atoms with Crippen LogP contribution in [-0.4, -0.2) is 25.6 Å². The van der Waals surface area contributed by atoms with Crippen molar-refractivity contribution < 1.29 is 23.0 Å². The predicted octanol–water partition coefficient (Wildman–Crippen LogP) is 3.70. The van der Waals surface area contributed by atoms with Crippen molar-refractivity contribution in [3.63, 3.8) is 0 Å². The molecule has 1 fully saturated rings. The zero-order valence-corrected chi connectivity index (χ0v) is 12.5. The van der Waals surface area contributed by atoms with Crippen LogP contribution in [-0.2, 0) is 11.2 Å². The molecule has 0 bridgehead atoms. The van der Waals surface area contributed by atoms with Gasteiger partial charge in [-0.25, -0.2) is 9.18 Å². The normalized spacial score (nSPS) is 20.5. The maximum Gasteiger partial charge on any atom is 0.417 e. The zero-order valence-electron chi connectivity index (χ0n) is 12.5. The third-order valence-electron chi connectivity index (χ3n) is 3.65. The number of alkyl halides is 1. The Balaban J connectivity index is 1.76. The molecule has 1 amide bonds. The number of nitrogens with zero attached hydrogens (tertiary/aromatic N) is 1. The second-order valence-electron chi connectivity index (χ2n) is 5.34. The topological polar surface area (TPSA) is 38.8 Å². The Morgan fingerprint density at radius 3 is 2.43 bits per heavy atom. The van der Waals surface area contributed by atoms with Gasteiger partial charge in [0.15, 0.2) is 0 Å². The molecule has 1 aliphatic heterocycles. The Bertz CT molecular complexity index is 703. The number of rotatable bonds is 4. The van der Waals surface area contributed by atoms with Gasteiger partial charge in [-0.2, -0.15) is 4.39 Å². The lowest BCUT2D eigenvalue weighted by Crippen LogP contribution is -2.32. The van der Waals surface area contributed by atoms with Gasteiger partial charge in [0.25, 0.3) is 5.85 Å². The van der Waals surface area contributed by atoms with E-state index in [9.17, 15) is 13.6 Å². The summed E-state index contributed by atoms with van der Waals surface area (Å²) < 4.78 is 37.7. The van der Waals surface area contributed by atoms with Crippen LogP contribution >= 0.6 is 0 Å². The Kier molecular flexibility index (Phi) is 3.90. The van der Waals surface area contributed by atoms with Crippen molar-refractivity contribution in [2.75, 3.05) is 18.6 Å². The van der Waals surface area contributed by atoms with Gasteiger partial charge in [-0.15, -0.1) is 0 Å². The van der Waals surface area contributed by atoms with E-state index in [4.69, 9.17) is 9.47 Å². The minimum atomic E-state index is -2.14. The second kappa shape index (κ2) is 5.87. The van der Waals surface area contributed by atoms with Gasteiger partial charge in [0.1, 0.15) is 11.6 Å². The molecule has 0 aliphatic carbocycles. The third-order valence-corrected chi connectivity index (χ3v) is 3.65. The molecule has 2 aromatic rings. The summed E-state index contributed by atoms with van der Waals surface area (Å²) in [6, 6.07) is 12.1. The molecule has 120 valence electrons. The molecule has 6 heteroatoms. The van der Waals surface area contributed by atoms with Gasteiger partial charge in [-0.05, 0) is 42.0 Å². The summed E-state index contributed by atoms with van der Waals surface area (Å²) >= 11 is 0. The summed E-state index contributed by atoms with van der Waals surface area (Å²) in [6.45, 7) is -0.227. The van der Waals surface area contributed by atoms with E-state index in [1.54, 1.807) is 24.3 Å². The minimum Gasteiger partial charge on any atom is -0.497 e. The van der Waals surface area contributed by atoms with Crippen LogP contribution in [0, 0.1) is 5.82 Å². The van der Waals surface area contributed by atoms with Crippen LogP contribution in [0.2, 0.25) is 0 Å². The fourth-order valence-corrected chi connectivity index (χ4v) is 2.50. The zero-order chi connectivity index (χ0) is 16.4. The summed E-state index contributed by atoms with van der Waals surface area (Å²) in [4.78, 5) is 13.2. The van der Waals surface area contributed by atoms with E-state index in [1.165, 1.54) is 36.3 Å². The van der Waals surface area contributed by atoms with Crippen LogP contribution in [0.5, 0.6) is 5.75 Å². The maximum absolute atomic E-state index is 14.8. The highest BCUT2D eigenvalue weighted by molar-refractivity contribution is 5.90. The highest BCUT2D eigenvalue weighted by atomic mass is 19.2. The van der Waals surface area contributed by atoms with Crippen molar-refractivity contribution in [1.82, 2.24) is 0 Å². The minimum absolute atomic E-state index is 0.133. The number of carbonyl (C=O) groups is 1. The first kappa shape index (κ1) is 15.3. The molecule has 3 rings (SSSR count). The number of methoxy groups -OCH3 is 1. The number of halogens is 2. The van der Waals surface area contributed by atoms with Crippen LogP contribution in [0.3, 0.4) is 0 Å². The highest BCUT2D eigenvalue weighted by Crippen LogP contribution is 2.32. The van der Waals surface area contributed by atoms with Crippen LogP contribution in [0.25, 0.3) is 0 Å². The molecule has 1 atom stereocenters. The van der Waals surface area contributed by atoms with E-state index in [0.29, 0.717) is 17.0 Å². The molecular weight excluding hydrogens is 304 g/mol. The van der Waals surface area contributed by atoms with Gasteiger partial charge >= 0.3 is 6.09 Å². The van der Waals surface area contributed by atoms with Crippen LogP contribution < -0.4 is 9.64 Å². The van der Waals surface area contributed by atoms with E-state index < -0.39 is 17.8 Å². The van der Waals surface area contributed by atoms with E-state index in [2.05, 4.69) is 0 Å². The SMILES string of the molecule is COc1ccc(N2CC(F)(Cc3ccc(F)cc3)OC2=O)cc1. The molecule has 2 aromatic carbocycles. The highest BCUT2D eigenvalue weighted by Gasteiger charge is 2.46. The molecule has 23 heavy (non-hydrogen) atoms. The van der Waals surface area contributed by atoms with Crippen LogP contribution in [0.4, 0.5) is 19.3 Å². The number of cyclic esters (lactones) is 1. The summed E-state index contributed by atoms with van der Waals surface area (Å²) in [5, 5.41) is 0. The monoisotopic (exact) mass is 319 g/mol. The van der Waals surface area contributed by atoms with E-state index in [1.807, 2.05) is 0 Å². The molecule has 4 nitrogen and oxygen atoms in total. The maximum atomic E-state index is 14.8. The molecule has 0 N–H and O–H groups in total. The summed E-state index contributed by atoms with van der Waals surface area (Å²) in [5.41, 5.74) is 1.08. The quantitative estimate of drug-likeness (QED) is 0.862. The molecule has 1 heterocycles. The fraction of sp³-hybridized carbons (Fsp3) is 0.235. The molecule has 1 saturated heterocycles. The van der Waals surface area contributed by atoms with Gasteiger partial charge in [0, 0.05) is 12.1 Å². The standard InChI is InChI=1S/C17H15F2NO3/c1-22-15-8-6-14(7-9-15)20-11-17(19,23-16(20)21)10-12-2-4-13(18)5-3-12/h2-9H,10-11H2,1H3. The van der Waals surface area contributed by atoms with Crippen molar-refractivity contribution >= 4 is 11.8 Å². The second-order valence-corrected chi connectivity index (χ2v) is 5.34. The Hall–Kier alpha value is -2.63. The van der Waals surface area contributed by atoms with E-state index >= 15 is 0 Å². The van der Waals surface area contributed by atoms with Crippen molar-refractivity contribution in [2.45, 2.75) is 12.3 Å². The van der Waals surface area contributed by atoms with Crippen molar-refractivity contribution in [2.24, 2.45) is 0 Å². The fourth-order valence-electron chi connectivity index (χ4n) is 2.50.